The highest BCUT2D eigenvalue weighted by Gasteiger charge is 2.24. The van der Waals surface area contributed by atoms with E-state index in [-0.39, 0.29) is 49.5 Å². The highest BCUT2D eigenvalue weighted by molar-refractivity contribution is 7.86. The van der Waals surface area contributed by atoms with Gasteiger partial charge >= 0.3 is 21.2 Å². The number of anilines is 2. The lowest BCUT2D eigenvalue weighted by Crippen LogP contribution is -2.00. The fourth-order valence-corrected chi connectivity index (χ4v) is 6.39. The molecule has 0 saturated carbocycles. The largest absolute Gasteiger partial charge is 0.505 e. The molecule has 27 heteroatoms. The number of benzene rings is 5. The molecule has 0 atom stereocenters. The van der Waals surface area contributed by atoms with Crippen LogP contribution in [0.15, 0.2) is 108 Å². The Kier molecular flexibility index (Phi) is 12.8. The summed E-state index contributed by atoms with van der Waals surface area (Å²) in [5.74, 6) is -0.824. The molecule has 0 heterocycles. The molecule has 0 bridgehead atoms. The molecule has 0 unspecified atom stereocenters. The van der Waals surface area contributed by atoms with Gasteiger partial charge in [0.05, 0.1) is 16.8 Å². The van der Waals surface area contributed by atoms with Gasteiger partial charge in [-0.25, -0.2) is 0 Å². The molecule has 0 aromatic heterocycles. The lowest BCUT2D eigenvalue weighted by molar-refractivity contribution is 0.472. The first kappa shape index (κ1) is 41.6. The first-order valence-corrected chi connectivity index (χ1v) is 19.5. The predicted octanol–water partition coefficient (Wildman–Crippen LogP) is 3.43. The molecular formula is C26H20N6O16S5. The maximum atomic E-state index is 12.2. The van der Waals surface area contributed by atoms with E-state index < -0.39 is 72.8 Å². The number of fused-ring (bicyclic) bond motifs is 2. The minimum atomic E-state index is -4.98. The van der Waals surface area contributed by atoms with Crippen molar-refractivity contribution in [1.82, 2.24) is 0 Å². The maximum Gasteiger partial charge on any atom is 0.425 e. The first-order chi connectivity index (χ1) is 24.4. The fraction of sp³-hybridized carbons (Fsp3) is 0. The second-order valence-corrected chi connectivity index (χ2v) is 14.8. The molecule has 22 nitrogen and oxygen atoms in total. The third-order valence-electron chi connectivity index (χ3n) is 6.41. The second-order valence-electron chi connectivity index (χ2n) is 9.79. The monoisotopic (exact) mass is 832 g/mol. The molecule has 5 rings (SSSR count). The third kappa shape index (κ3) is 10.8. The minimum absolute atomic E-state index is 0.0292. The summed E-state index contributed by atoms with van der Waals surface area (Å²) in [5, 5.41) is 27.0. The van der Waals surface area contributed by atoms with Crippen LogP contribution < -0.4 is 11.5 Å². The third-order valence-corrected chi connectivity index (χ3v) is 9.09. The van der Waals surface area contributed by atoms with Crippen molar-refractivity contribution in [3.63, 3.8) is 0 Å². The van der Waals surface area contributed by atoms with E-state index in [0.717, 1.165) is 18.2 Å². The van der Waals surface area contributed by atoms with Gasteiger partial charge in [-0.05, 0) is 59.3 Å². The van der Waals surface area contributed by atoms with E-state index >= 15 is 0 Å². The van der Waals surface area contributed by atoms with E-state index in [4.69, 9.17) is 36.7 Å². The fourth-order valence-electron chi connectivity index (χ4n) is 4.41. The van der Waals surface area contributed by atoms with Gasteiger partial charge < -0.3 is 16.6 Å². The molecule has 5 aromatic carbocycles. The predicted molar refractivity (Wildman–Crippen MR) is 182 cm³/mol. The number of hydrogen-bond donors (Lipinski definition) is 6. The summed E-state index contributed by atoms with van der Waals surface area (Å²) in [4.78, 5) is -1.76. The van der Waals surface area contributed by atoms with Gasteiger partial charge in [0.2, 0.25) is 0 Å². The summed E-state index contributed by atoms with van der Waals surface area (Å²) in [6.07, 6.45) is 0. The van der Waals surface area contributed by atoms with Gasteiger partial charge in [-0.2, -0.15) is 30.4 Å². The Hall–Kier alpha value is -5.81. The molecule has 0 radical (unpaired) electrons. The van der Waals surface area contributed by atoms with Crippen molar-refractivity contribution in [1.29, 1.82) is 0 Å². The Morgan fingerprint density at radius 3 is 1.68 bits per heavy atom. The van der Waals surface area contributed by atoms with Crippen LogP contribution in [-0.4, -0.2) is 69.3 Å². The maximum absolute atomic E-state index is 12.2. The topological polar surface area (TPSA) is 387 Å². The van der Waals surface area contributed by atoms with E-state index in [2.05, 4.69) is 20.5 Å². The Balaban J connectivity index is 0.000000859. The lowest BCUT2D eigenvalue weighted by atomic mass is 10.1. The average Bonchev–Trinajstić information content (AvgIpc) is 3.01. The van der Waals surface area contributed by atoms with Gasteiger partial charge in [-0.3, -0.25) is 13.7 Å². The van der Waals surface area contributed by atoms with Crippen molar-refractivity contribution in [3.05, 3.63) is 72.8 Å². The van der Waals surface area contributed by atoms with Gasteiger partial charge in [-0.1, -0.05) is 24.3 Å². The van der Waals surface area contributed by atoms with Gasteiger partial charge in [0, 0.05) is 11.1 Å². The van der Waals surface area contributed by atoms with E-state index in [1.54, 1.807) is 0 Å². The van der Waals surface area contributed by atoms with E-state index in [9.17, 15) is 44.0 Å². The highest BCUT2D eigenvalue weighted by atomic mass is 32.2. The number of phenols is 1. The number of nitrogen functional groups attached to an aromatic ring is 2. The summed E-state index contributed by atoms with van der Waals surface area (Å²) in [6, 6.07) is 15.0. The van der Waals surface area contributed by atoms with Gasteiger partial charge in [0.15, 0.2) is 5.75 Å². The summed E-state index contributed by atoms with van der Waals surface area (Å²) < 4.78 is 151. The molecule has 0 aliphatic rings. The number of aromatic hydroxyl groups is 1. The Bertz CT molecular complexity index is 2880. The summed E-state index contributed by atoms with van der Waals surface area (Å²) in [5.41, 5.74) is 10.7. The van der Waals surface area contributed by atoms with Gasteiger partial charge in [0.1, 0.15) is 31.7 Å². The van der Waals surface area contributed by atoms with Crippen molar-refractivity contribution >= 4 is 107 Å². The lowest BCUT2D eigenvalue weighted by Gasteiger charge is -2.12. The van der Waals surface area contributed by atoms with Gasteiger partial charge in [-0.15, -0.1) is 40.6 Å². The number of hydrogen-bond acceptors (Lipinski definition) is 19. The zero-order chi connectivity index (χ0) is 40.1. The van der Waals surface area contributed by atoms with E-state index in [1.807, 2.05) is 0 Å². The Labute approximate surface area is 300 Å². The molecule has 0 fully saturated rings. The first-order valence-electron chi connectivity index (χ1n) is 13.2. The standard InChI is InChI=1S/C26H20N6O10S3.2O3S/c27-15-5-9-21(44(37,38)39)19(12-15)31-30-18-8-4-14-11-22(45(40,41)42)25(26(33)23(14)24(18)28)32-29-16-6-7-17-13(10-16)2-1-3-20(17)43(34,35)36;2*1-4(2)3/h1-12,33H,27-28H2,(H,34,35,36)(H,37,38,39)(H,40,41,42);;. The average molecular weight is 833 g/mol. The van der Waals surface area contributed by atoms with Crippen molar-refractivity contribution in [3.8, 4) is 5.75 Å². The number of phenolic OH excluding ortho intramolecular Hbond substituents is 1. The van der Waals surface area contributed by atoms with Crippen LogP contribution >= 0.6 is 0 Å². The molecule has 0 aliphatic carbocycles. The Morgan fingerprint density at radius 2 is 1.11 bits per heavy atom. The van der Waals surface area contributed by atoms with Crippen molar-refractivity contribution in [2.45, 2.75) is 14.7 Å². The van der Waals surface area contributed by atoms with Crippen molar-refractivity contribution in [2.75, 3.05) is 11.5 Å². The molecule has 0 amide bonds. The van der Waals surface area contributed by atoms with E-state index in [0.29, 0.717) is 5.39 Å². The van der Waals surface area contributed by atoms with Crippen LogP contribution in [0.3, 0.4) is 0 Å². The zero-order valence-electron chi connectivity index (χ0n) is 25.6. The molecule has 5 aromatic rings. The van der Waals surface area contributed by atoms with Crippen LogP contribution in [0, 0.1) is 0 Å². The second kappa shape index (κ2) is 16.2. The van der Waals surface area contributed by atoms with Crippen LogP contribution in [0.25, 0.3) is 21.5 Å². The number of nitrogens with two attached hydrogens (primary N) is 2. The molecule has 53 heavy (non-hydrogen) atoms. The SMILES string of the molecule is Nc1ccc(S(=O)(=O)O)c(N=Nc2ccc3cc(S(=O)(=O)O)c(N=Nc4ccc5c(S(=O)(=O)O)cccc5c4)c(O)c3c2N)c1.O=S(=O)=O.O=S(=O)=O. The number of nitrogens with zero attached hydrogens (tertiary/aromatic N) is 4. The smallest absolute Gasteiger partial charge is 0.425 e. The number of azo groups is 2. The molecule has 0 aliphatic heterocycles. The van der Waals surface area contributed by atoms with Crippen molar-refractivity contribution < 1.29 is 69.3 Å². The molecule has 0 spiro atoms. The molecular weight excluding hydrogens is 813 g/mol. The zero-order valence-corrected chi connectivity index (χ0v) is 29.7. The van der Waals surface area contributed by atoms with Crippen LogP contribution in [0.2, 0.25) is 0 Å². The molecule has 8 N–H and O–H groups in total. The highest BCUT2D eigenvalue weighted by Crippen LogP contribution is 2.46. The summed E-state index contributed by atoms with van der Waals surface area (Å²) in [7, 11) is -20.4. The number of rotatable bonds is 7. The Morgan fingerprint density at radius 1 is 0.547 bits per heavy atom. The van der Waals surface area contributed by atoms with Crippen LogP contribution in [-0.2, 0) is 51.6 Å². The minimum Gasteiger partial charge on any atom is -0.505 e. The summed E-state index contributed by atoms with van der Waals surface area (Å²) in [6.45, 7) is 0. The van der Waals surface area contributed by atoms with Crippen LogP contribution in [0.1, 0.15) is 0 Å². The van der Waals surface area contributed by atoms with Crippen LogP contribution in [0.4, 0.5) is 34.1 Å². The van der Waals surface area contributed by atoms with Crippen LogP contribution in [0.5, 0.6) is 5.75 Å². The van der Waals surface area contributed by atoms with Gasteiger partial charge in [0.25, 0.3) is 30.4 Å². The molecule has 0 saturated heterocycles. The normalized spacial score (nSPS) is 11.9. The van der Waals surface area contributed by atoms with E-state index in [1.165, 1.54) is 54.6 Å². The molecule has 280 valence electrons. The van der Waals surface area contributed by atoms with Crippen molar-refractivity contribution in [2.24, 2.45) is 20.5 Å². The quantitative estimate of drug-likeness (QED) is 0.0777. The summed E-state index contributed by atoms with van der Waals surface area (Å²) >= 11 is 0.